The Kier molecular flexibility index (Phi) is 4.37. The van der Waals surface area contributed by atoms with Crippen molar-refractivity contribution >= 4 is 28.5 Å². The van der Waals surface area contributed by atoms with Gasteiger partial charge in [-0.05, 0) is 30.3 Å². The molecule has 4 rings (SSSR count). The first-order valence-electron chi connectivity index (χ1n) is 7.92. The lowest BCUT2D eigenvalue weighted by Gasteiger charge is -2.04. The lowest BCUT2D eigenvalue weighted by molar-refractivity contribution is 0.0439. The summed E-state index contributed by atoms with van der Waals surface area (Å²) in [5, 5.41) is 1.22. The Balaban J connectivity index is 1.46. The minimum Gasteiger partial charge on any atom is -0.452 e. The van der Waals surface area contributed by atoms with Crippen LogP contribution in [0.25, 0.3) is 22.2 Å². The third-order valence-electron chi connectivity index (χ3n) is 3.83. The summed E-state index contributed by atoms with van der Waals surface area (Å²) in [5.41, 5.74) is 2.06. The van der Waals surface area contributed by atoms with Gasteiger partial charge in [0.2, 0.25) is 5.89 Å². The fourth-order valence-electron chi connectivity index (χ4n) is 2.55. The SMILES string of the molecule is O=C(OCc1ncc(-c2ccccc2)o1)c1ccc2nc(Cl)ccc2c1. The van der Waals surface area contributed by atoms with Gasteiger partial charge in [-0.2, -0.15) is 0 Å². The molecule has 4 aromatic rings. The van der Waals surface area contributed by atoms with Gasteiger partial charge in [0.1, 0.15) is 5.15 Å². The lowest BCUT2D eigenvalue weighted by atomic mass is 10.1. The normalized spacial score (nSPS) is 10.8. The highest BCUT2D eigenvalue weighted by Gasteiger charge is 2.12. The molecule has 6 heteroatoms. The van der Waals surface area contributed by atoms with Crippen LogP contribution in [0, 0.1) is 0 Å². The molecule has 2 aromatic heterocycles. The van der Waals surface area contributed by atoms with E-state index in [-0.39, 0.29) is 6.61 Å². The molecule has 0 spiro atoms. The average Bonchev–Trinajstić information content (AvgIpc) is 3.15. The molecule has 0 amide bonds. The van der Waals surface area contributed by atoms with Gasteiger partial charge in [0.05, 0.1) is 17.3 Å². The summed E-state index contributed by atoms with van der Waals surface area (Å²) < 4.78 is 10.9. The van der Waals surface area contributed by atoms with Crippen molar-refractivity contribution in [3.63, 3.8) is 0 Å². The van der Waals surface area contributed by atoms with Gasteiger partial charge in [0.15, 0.2) is 12.4 Å². The second-order valence-corrected chi connectivity index (χ2v) is 5.99. The third-order valence-corrected chi connectivity index (χ3v) is 4.04. The highest BCUT2D eigenvalue weighted by molar-refractivity contribution is 6.29. The van der Waals surface area contributed by atoms with Gasteiger partial charge in [0, 0.05) is 10.9 Å². The Morgan fingerprint density at radius 1 is 1.08 bits per heavy atom. The molecular formula is C20H13ClN2O3. The summed E-state index contributed by atoms with van der Waals surface area (Å²) in [5.74, 6) is 0.512. The predicted octanol–water partition coefficient (Wildman–Crippen LogP) is 4.90. The molecule has 0 aliphatic carbocycles. The van der Waals surface area contributed by atoms with E-state index in [9.17, 15) is 4.79 Å². The number of hydrogen-bond donors (Lipinski definition) is 0. The number of halogens is 1. The number of nitrogens with zero attached hydrogens (tertiary/aromatic N) is 2. The summed E-state index contributed by atoms with van der Waals surface area (Å²) in [7, 11) is 0. The number of esters is 1. The van der Waals surface area contributed by atoms with Crippen LogP contribution < -0.4 is 0 Å². The molecule has 5 nitrogen and oxygen atoms in total. The first-order chi connectivity index (χ1) is 12.7. The van der Waals surface area contributed by atoms with Crippen LogP contribution in [0.4, 0.5) is 0 Å². The van der Waals surface area contributed by atoms with E-state index in [1.807, 2.05) is 36.4 Å². The van der Waals surface area contributed by atoms with E-state index < -0.39 is 5.97 Å². The fraction of sp³-hybridized carbons (Fsp3) is 0.0500. The number of rotatable bonds is 4. The van der Waals surface area contributed by atoms with Crippen LogP contribution >= 0.6 is 11.6 Å². The van der Waals surface area contributed by atoms with Crippen LogP contribution in [0.1, 0.15) is 16.2 Å². The molecule has 0 fully saturated rings. The topological polar surface area (TPSA) is 65.2 Å². The zero-order chi connectivity index (χ0) is 17.9. The van der Waals surface area contributed by atoms with E-state index in [0.29, 0.717) is 27.9 Å². The quantitative estimate of drug-likeness (QED) is 0.380. The smallest absolute Gasteiger partial charge is 0.338 e. The van der Waals surface area contributed by atoms with Gasteiger partial charge < -0.3 is 9.15 Å². The Morgan fingerprint density at radius 3 is 2.77 bits per heavy atom. The first-order valence-corrected chi connectivity index (χ1v) is 8.30. The van der Waals surface area contributed by atoms with Crippen molar-refractivity contribution in [1.82, 2.24) is 9.97 Å². The fourth-order valence-corrected chi connectivity index (χ4v) is 2.71. The molecule has 0 bridgehead atoms. The van der Waals surface area contributed by atoms with Crippen molar-refractivity contribution in [3.05, 3.63) is 83.5 Å². The van der Waals surface area contributed by atoms with E-state index in [1.165, 1.54) is 0 Å². The predicted molar refractivity (Wildman–Crippen MR) is 97.8 cm³/mol. The van der Waals surface area contributed by atoms with Crippen molar-refractivity contribution in [2.45, 2.75) is 6.61 Å². The Morgan fingerprint density at radius 2 is 1.92 bits per heavy atom. The molecular weight excluding hydrogens is 352 g/mol. The summed E-state index contributed by atoms with van der Waals surface area (Å²) >= 11 is 5.86. The van der Waals surface area contributed by atoms with Gasteiger partial charge in [0.25, 0.3) is 0 Å². The van der Waals surface area contributed by atoms with Gasteiger partial charge in [-0.3, -0.25) is 0 Å². The number of carbonyl (C=O) groups excluding carboxylic acids is 1. The number of aromatic nitrogens is 2. The van der Waals surface area contributed by atoms with Gasteiger partial charge in [-0.15, -0.1) is 0 Å². The van der Waals surface area contributed by atoms with Crippen molar-refractivity contribution in [1.29, 1.82) is 0 Å². The van der Waals surface area contributed by atoms with E-state index >= 15 is 0 Å². The van der Waals surface area contributed by atoms with Crippen molar-refractivity contribution in [2.24, 2.45) is 0 Å². The highest BCUT2D eigenvalue weighted by Crippen LogP contribution is 2.21. The second-order valence-electron chi connectivity index (χ2n) is 5.60. The van der Waals surface area contributed by atoms with Crippen LogP contribution in [0.15, 0.2) is 71.3 Å². The molecule has 0 atom stereocenters. The summed E-state index contributed by atoms with van der Waals surface area (Å²) in [6.07, 6.45) is 1.62. The van der Waals surface area contributed by atoms with Gasteiger partial charge in [-0.25, -0.2) is 14.8 Å². The molecule has 128 valence electrons. The maximum Gasteiger partial charge on any atom is 0.338 e. The average molecular weight is 365 g/mol. The monoisotopic (exact) mass is 364 g/mol. The minimum absolute atomic E-state index is 0.0391. The number of carbonyl (C=O) groups is 1. The molecule has 2 aromatic carbocycles. The molecule has 0 saturated carbocycles. The molecule has 26 heavy (non-hydrogen) atoms. The molecule has 0 aliphatic heterocycles. The van der Waals surface area contributed by atoms with Gasteiger partial charge >= 0.3 is 5.97 Å². The first kappa shape index (κ1) is 16.3. The van der Waals surface area contributed by atoms with Crippen LogP contribution in [-0.2, 0) is 11.3 Å². The second kappa shape index (κ2) is 6.98. The number of ether oxygens (including phenoxy) is 1. The maximum absolute atomic E-state index is 12.3. The van der Waals surface area contributed by atoms with Crippen molar-refractivity contribution < 1.29 is 13.9 Å². The van der Waals surface area contributed by atoms with Crippen LogP contribution in [0.3, 0.4) is 0 Å². The number of fused-ring (bicyclic) bond motifs is 1. The van der Waals surface area contributed by atoms with E-state index in [2.05, 4.69) is 9.97 Å². The Bertz CT molecular complexity index is 1080. The molecule has 0 radical (unpaired) electrons. The Labute approximate surface area is 154 Å². The molecule has 0 N–H and O–H groups in total. The van der Waals surface area contributed by atoms with Crippen molar-refractivity contribution in [2.75, 3.05) is 0 Å². The number of pyridine rings is 1. The molecule has 2 heterocycles. The largest absolute Gasteiger partial charge is 0.452 e. The number of hydrogen-bond acceptors (Lipinski definition) is 5. The Hall–Kier alpha value is -3.18. The van der Waals surface area contributed by atoms with Crippen LogP contribution in [0.5, 0.6) is 0 Å². The molecule has 0 saturated heterocycles. The minimum atomic E-state index is -0.457. The summed E-state index contributed by atoms with van der Waals surface area (Å²) in [6, 6.07) is 18.2. The van der Waals surface area contributed by atoms with Crippen molar-refractivity contribution in [3.8, 4) is 11.3 Å². The molecule has 0 unspecified atom stereocenters. The standard InChI is InChI=1S/C20H13ClN2O3/c21-18-9-7-14-10-15(6-8-16(14)23-18)20(24)25-12-19-22-11-17(26-19)13-4-2-1-3-5-13/h1-11H,12H2. The van der Waals surface area contributed by atoms with Crippen LogP contribution in [0.2, 0.25) is 5.15 Å². The zero-order valence-corrected chi connectivity index (χ0v) is 14.3. The van der Waals surface area contributed by atoms with E-state index in [0.717, 1.165) is 10.9 Å². The number of oxazole rings is 1. The van der Waals surface area contributed by atoms with E-state index in [4.69, 9.17) is 20.8 Å². The van der Waals surface area contributed by atoms with Gasteiger partial charge in [-0.1, -0.05) is 41.9 Å². The lowest BCUT2D eigenvalue weighted by Crippen LogP contribution is -2.05. The third kappa shape index (κ3) is 3.43. The zero-order valence-electron chi connectivity index (χ0n) is 13.6. The van der Waals surface area contributed by atoms with Crippen LogP contribution in [-0.4, -0.2) is 15.9 Å². The molecule has 0 aliphatic rings. The summed E-state index contributed by atoms with van der Waals surface area (Å²) in [4.78, 5) is 20.6. The number of benzene rings is 2. The van der Waals surface area contributed by atoms with E-state index in [1.54, 1.807) is 30.5 Å². The summed E-state index contributed by atoms with van der Waals surface area (Å²) in [6.45, 7) is -0.0391. The maximum atomic E-state index is 12.3. The highest BCUT2D eigenvalue weighted by atomic mass is 35.5.